The van der Waals surface area contributed by atoms with Crippen LogP contribution in [0.2, 0.25) is 0 Å². The van der Waals surface area contributed by atoms with Gasteiger partial charge in [-0.05, 0) is 52.2 Å². The Bertz CT molecular complexity index is 595. The summed E-state index contributed by atoms with van der Waals surface area (Å²) < 4.78 is 10.7. The summed E-state index contributed by atoms with van der Waals surface area (Å²) in [5.41, 5.74) is 3.11. The zero-order chi connectivity index (χ0) is 27.5. The molecular weight excluding hydrogens is 452 g/mol. The first-order valence-corrected chi connectivity index (χ1v) is 14.1. The van der Waals surface area contributed by atoms with Crippen LogP contribution < -0.4 is 5.32 Å². The molecule has 1 aromatic rings. The lowest BCUT2D eigenvalue weighted by Gasteiger charge is -2.35. The van der Waals surface area contributed by atoms with Crippen molar-refractivity contribution < 1.29 is 23.5 Å². The van der Waals surface area contributed by atoms with Crippen molar-refractivity contribution in [3.63, 3.8) is 0 Å². The van der Waals surface area contributed by atoms with Gasteiger partial charge < -0.3 is 19.3 Å². The molecule has 1 rings (SSSR count). The van der Waals surface area contributed by atoms with E-state index >= 15 is 0 Å². The highest BCUT2D eigenvalue weighted by atomic mass is 16.5. The van der Waals surface area contributed by atoms with Crippen LogP contribution >= 0.6 is 0 Å². The Kier molecular flexibility index (Phi) is 26.3. The van der Waals surface area contributed by atoms with Gasteiger partial charge in [0.15, 0.2) is 0 Å². The van der Waals surface area contributed by atoms with Crippen molar-refractivity contribution in [1.29, 1.82) is 0 Å². The second kappa shape index (κ2) is 26.2. The molecule has 0 aromatic heterocycles. The fourth-order valence-electron chi connectivity index (χ4n) is 4.10. The van der Waals surface area contributed by atoms with E-state index in [1.54, 1.807) is 7.11 Å². The van der Waals surface area contributed by atoms with Crippen LogP contribution in [0.1, 0.15) is 96.6 Å². The maximum absolute atomic E-state index is 10.2. The fraction of sp³-hybridized carbons (Fsp3) is 0.733. The summed E-state index contributed by atoms with van der Waals surface area (Å²) in [5, 5.41) is 2.66. The third-order valence-electron chi connectivity index (χ3n) is 6.90. The van der Waals surface area contributed by atoms with Crippen LogP contribution in [0.3, 0.4) is 0 Å². The van der Waals surface area contributed by atoms with Crippen molar-refractivity contribution in [3.05, 3.63) is 29.3 Å². The molecule has 0 fully saturated rings. The van der Waals surface area contributed by atoms with Gasteiger partial charge >= 0.3 is 0 Å². The van der Waals surface area contributed by atoms with Crippen molar-refractivity contribution in [2.75, 3.05) is 51.8 Å². The molecule has 1 N–H and O–H groups in total. The average molecular weight is 510 g/mol. The number of quaternary nitrogens is 1. The molecule has 0 atom stereocenters. The van der Waals surface area contributed by atoms with Crippen LogP contribution in [0.15, 0.2) is 18.2 Å². The molecule has 0 aliphatic carbocycles. The number of nitrogens with one attached hydrogen (secondary N) is 1. The Morgan fingerprint density at radius 1 is 0.778 bits per heavy atom. The standard InChI is InChI=1S/C12H26O.C9H20NO2.C9H11NO/c1-3-4-5-6-7-8-9-10-11-12-13-2;1-4-10(5-2,6-3)7-8-12-9-11;1-7-4-3-5-8(2)9(7)10-6-11/h3-12H2,1-2H3;9H,4-8H2,1-3H3;3-6H,1-2H3,(H,10,11)/q;+1;. The van der Waals surface area contributed by atoms with Crippen LogP contribution in [-0.4, -0.2) is 63.9 Å². The predicted octanol–water partition coefficient (Wildman–Crippen LogP) is 7.07. The Hall–Kier alpha value is -1.92. The van der Waals surface area contributed by atoms with Gasteiger partial charge in [-0.15, -0.1) is 0 Å². The van der Waals surface area contributed by atoms with E-state index in [1.807, 2.05) is 32.0 Å². The maximum Gasteiger partial charge on any atom is 0.293 e. The summed E-state index contributed by atoms with van der Waals surface area (Å²) in [6.07, 6.45) is 13.2. The SMILES string of the molecule is CCCCCCCCCCCOC.CC[N+](CC)(CC)CCOC=O.Cc1cccc(C)c1NC=O. The third kappa shape index (κ3) is 19.3. The normalized spacial score (nSPS) is 10.4. The molecular formula is C30H57N2O4+. The number of likely N-dealkylation sites (N-methyl/N-ethyl adjacent to an activating group) is 1. The molecule has 0 heterocycles. The molecule has 210 valence electrons. The first-order chi connectivity index (χ1) is 17.4. The number of carbonyl (C=O) groups is 2. The molecule has 0 spiro atoms. The van der Waals surface area contributed by atoms with Gasteiger partial charge in [0.2, 0.25) is 6.41 Å². The number of nitrogens with zero attached hydrogens (tertiary/aromatic N) is 1. The van der Waals surface area contributed by atoms with Crippen molar-refractivity contribution in [1.82, 2.24) is 0 Å². The number of hydrogen-bond donors (Lipinski definition) is 1. The van der Waals surface area contributed by atoms with Gasteiger partial charge in [0, 0.05) is 19.4 Å². The number of unbranched alkanes of at least 4 members (excludes halogenated alkanes) is 8. The van der Waals surface area contributed by atoms with Crippen molar-refractivity contribution in [3.8, 4) is 0 Å². The van der Waals surface area contributed by atoms with Crippen molar-refractivity contribution in [2.24, 2.45) is 0 Å². The number of methoxy groups -OCH3 is 1. The van der Waals surface area contributed by atoms with Crippen LogP contribution in [0, 0.1) is 13.8 Å². The highest BCUT2D eigenvalue weighted by Gasteiger charge is 2.19. The fourth-order valence-corrected chi connectivity index (χ4v) is 4.10. The molecule has 1 aromatic carbocycles. The summed E-state index contributed by atoms with van der Waals surface area (Å²) in [7, 11) is 1.78. The van der Waals surface area contributed by atoms with E-state index in [9.17, 15) is 9.59 Å². The topological polar surface area (TPSA) is 64.6 Å². The summed E-state index contributed by atoms with van der Waals surface area (Å²) in [6, 6.07) is 5.91. The number of para-hydroxylation sites is 1. The Morgan fingerprint density at radius 3 is 1.69 bits per heavy atom. The van der Waals surface area contributed by atoms with Crippen LogP contribution in [0.25, 0.3) is 0 Å². The van der Waals surface area contributed by atoms with E-state index < -0.39 is 0 Å². The second-order valence-electron chi connectivity index (χ2n) is 9.33. The number of benzene rings is 1. The molecule has 6 heteroatoms. The highest BCUT2D eigenvalue weighted by molar-refractivity contribution is 5.75. The minimum Gasteiger partial charge on any atom is -0.462 e. The lowest BCUT2D eigenvalue weighted by atomic mass is 10.1. The predicted molar refractivity (Wildman–Crippen MR) is 153 cm³/mol. The third-order valence-corrected chi connectivity index (χ3v) is 6.90. The number of amides is 1. The van der Waals surface area contributed by atoms with E-state index in [1.165, 1.54) is 57.8 Å². The first kappa shape index (κ1) is 36.2. The monoisotopic (exact) mass is 509 g/mol. The average Bonchev–Trinajstić information content (AvgIpc) is 2.89. The van der Waals surface area contributed by atoms with Gasteiger partial charge in [0.25, 0.3) is 6.47 Å². The number of rotatable bonds is 19. The molecule has 0 aliphatic rings. The summed E-state index contributed by atoms with van der Waals surface area (Å²) in [4.78, 5) is 20.1. The Labute approximate surface area is 222 Å². The molecule has 0 saturated heterocycles. The zero-order valence-electron chi connectivity index (χ0n) is 24.6. The molecule has 0 saturated carbocycles. The van der Waals surface area contributed by atoms with Gasteiger partial charge in [-0.1, -0.05) is 76.5 Å². The Balaban J connectivity index is 0. The van der Waals surface area contributed by atoms with E-state index in [4.69, 9.17) is 9.47 Å². The quantitative estimate of drug-likeness (QED) is 0.123. The maximum atomic E-state index is 10.2. The summed E-state index contributed by atoms with van der Waals surface area (Å²) >= 11 is 0. The smallest absolute Gasteiger partial charge is 0.293 e. The zero-order valence-corrected chi connectivity index (χ0v) is 24.6. The molecule has 36 heavy (non-hydrogen) atoms. The molecule has 0 radical (unpaired) electrons. The lowest BCUT2D eigenvalue weighted by molar-refractivity contribution is -0.923. The first-order valence-electron chi connectivity index (χ1n) is 14.1. The molecule has 1 amide bonds. The van der Waals surface area contributed by atoms with Crippen LogP contribution in [-0.2, 0) is 19.1 Å². The van der Waals surface area contributed by atoms with Gasteiger partial charge in [-0.25, -0.2) is 0 Å². The lowest BCUT2D eigenvalue weighted by Crippen LogP contribution is -2.49. The van der Waals surface area contributed by atoms with Crippen molar-refractivity contribution >= 4 is 18.6 Å². The molecule has 0 aliphatic heterocycles. The van der Waals surface area contributed by atoms with E-state index in [0.29, 0.717) is 19.5 Å². The van der Waals surface area contributed by atoms with E-state index in [2.05, 4.69) is 33.0 Å². The van der Waals surface area contributed by atoms with Crippen LogP contribution in [0.4, 0.5) is 5.69 Å². The Morgan fingerprint density at radius 2 is 1.28 bits per heavy atom. The van der Waals surface area contributed by atoms with Gasteiger partial charge in [-0.3, -0.25) is 9.59 Å². The number of anilines is 1. The molecule has 0 unspecified atom stereocenters. The summed E-state index contributed by atoms with van der Waals surface area (Å²) in [6.45, 7) is 19.0. The molecule has 0 bridgehead atoms. The second-order valence-corrected chi connectivity index (χ2v) is 9.33. The molecule has 6 nitrogen and oxygen atoms in total. The van der Waals surface area contributed by atoms with E-state index in [0.717, 1.165) is 54.1 Å². The van der Waals surface area contributed by atoms with Crippen LogP contribution in [0.5, 0.6) is 0 Å². The minimum absolute atomic E-state index is 0.523. The number of aryl methyl sites for hydroxylation is 2. The van der Waals surface area contributed by atoms with Gasteiger partial charge in [0.05, 0.1) is 19.6 Å². The summed E-state index contributed by atoms with van der Waals surface area (Å²) in [5.74, 6) is 0. The number of hydrogen-bond acceptors (Lipinski definition) is 4. The largest absolute Gasteiger partial charge is 0.462 e. The van der Waals surface area contributed by atoms with Crippen molar-refractivity contribution in [2.45, 2.75) is 99.3 Å². The number of carbonyl (C=O) groups excluding carboxylic acids is 2. The van der Waals surface area contributed by atoms with Gasteiger partial charge in [0.1, 0.15) is 13.2 Å². The minimum atomic E-state index is 0.523. The highest BCUT2D eigenvalue weighted by Crippen LogP contribution is 2.18. The van der Waals surface area contributed by atoms with E-state index in [-0.39, 0.29) is 0 Å². The number of ether oxygens (including phenoxy) is 2. The van der Waals surface area contributed by atoms with Gasteiger partial charge in [-0.2, -0.15) is 0 Å².